The normalized spacial score (nSPS) is 12.7. The molecule has 2 heterocycles. The molecular formula is C38H38N4O4. The molecule has 6 rings (SSSR count). The molecule has 4 aromatic carbocycles. The predicted molar refractivity (Wildman–Crippen MR) is 182 cm³/mol. The van der Waals surface area contributed by atoms with E-state index in [0.29, 0.717) is 35.7 Å². The fourth-order valence-corrected chi connectivity index (χ4v) is 5.77. The van der Waals surface area contributed by atoms with Gasteiger partial charge in [0.2, 0.25) is 0 Å². The van der Waals surface area contributed by atoms with Crippen molar-refractivity contribution in [3.63, 3.8) is 0 Å². The third-order valence-corrected chi connectivity index (χ3v) is 8.16. The first-order chi connectivity index (χ1) is 22.5. The highest BCUT2D eigenvalue weighted by atomic mass is 16.5. The van der Waals surface area contributed by atoms with E-state index in [0.717, 1.165) is 54.9 Å². The van der Waals surface area contributed by atoms with Gasteiger partial charge in [0.05, 0.1) is 35.5 Å². The van der Waals surface area contributed by atoms with E-state index < -0.39 is 0 Å². The lowest BCUT2D eigenvalue weighted by atomic mass is 9.98. The number of rotatable bonds is 11. The molecule has 0 fully saturated rings. The van der Waals surface area contributed by atoms with Gasteiger partial charge in [-0.1, -0.05) is 42.5 Å². The molecule has 0 spiro atoms. The zero-order chi connectivity index (χ0) is 31.9. The number of benzene rings is 4. The van der Waals surface area contributed by atoms with Crippen molar-refractivity contribution >= 4 is 34.1 Å². The average Bonchev–Trinajstić information content (AvgIpc) is 3.08. The van der Waals surface area contributed by atoms with E-state index in [9.17, 15) is 9.59 Å². The number of hydrogen-bond donors (Lipinski definition) is 2. The number of ether oxygens (including phenoxy) is 2. The van der Waals surface area contributed by atoms with Crippen LogP contribution in [0.3, 0.4) is 0 Å². The number of fused-ring (bicyclic) bond motifs is 2. The second-order valence-electron chi connectivity index (χ2n) is 11.3. The van der Waals surface area contributed by atoms with Crippen LogP contribution < -0.4 is 20.1 Å². The van der Waals surface area contributed by atoms with Crippen LogP contribution in [0.15, 0.2) is 97.2 Å². The zero-order valence-corrected chi connectivity index (χ0v) is 26.2. The molecule has 0 aliphatic carbocycles. The Morgan fingerprint density at radius 2 is 1.52 bits per heavy atom. The summed E-state index contributed by atoms with van der Waals surface area (Å²) in [6.45, 7) is 8.00. The molecule has 2 N–H and O–H groups in total. The number of nitrogens with one attached hydrogen (secondary N) is 2. The first-order valence-electron chi connectivity index (χ1n) is 15.8. The summed E-state index contributed by atoms with van der Waals surface area (Å²) in [4.78, 5) is 33.2. The van der Waals surface area contributed by atoms with Crippen molar-refractivity contribution in [2.75, 3.05) is 36.9 Å². The van der Waals surface area contributed by atoms with E-state index in [1.165, 1.54) is 16.7 Å². The minimum absolute atomic E-state index is 0.300. The number of carbonyl (C=O) groups excluding carboxylic acids is 2. The molecule has 0 atom stereocenters. The summed E-state index contributed by atoms with van der Waals surface area (Å²) in [7, 11) is 0. The van der Waals surface area contributed by atoms with Crippen LogP contribution in [0.25, 0.3) is 10.9 Å². The monoisotopic (exact) mass is 614 g/mol. The first kappa shape index (κ1) is 30.8. The molecule has 1 aliphatic heterocycles. The first-order valence-corrected chi connectivity index (χ1v) is 15.8. The molecule has 8 nitrogen and oxygen atoms in total. The van der Waals surface area contributed by atoms with Crippen LogP contribution in [0.2, 0.25) is 0 Å². The smallest absolute Gasteiger partial charge is 0.257 e. The predicted octanol–water partition coefficient (Wildman–Crippen LogP) is 7.14. The Morgan fingerprint density at radius 1 is 0.804 bits per heavy atom. The largest absolute Gasteiger partial charge is 0.490 e. The molecule has 0 unspecified atom stereocenters. The number of aromatic nitrogens is 1. The summed E-state index contributed by atoms with van der Waals surface area (Å²) in [6, 6.07) is 28.6. The number of amides is 2. The van der Waals surface area contributed by atoms with Crippen LogP contribution in [-0.4, -0.2) is 48.0 Å². The third-order valence-electron chi connectivity index (χ3n) is 8.16. The van der Waals surface area contributed by atoms with Crippen molar-refractivity contribution in [3.05, 3.63) is 125 Å². The SMILES string of the molecule is CCOc1cc2c(cc1OCC)CN(CCc1ccc(NC(=O)c3ccccc3NC(=O)c3cnc4ccccc4c3)cc1)CC2. The molecule has 0 saturated carbocycles. The van der Waals surface area contributed by atoms with Gasteiger partial charge in [-0.25, -0.2) is 0 Å². The maximum Gasteiger partial charge on any atom is 0.257 e. The molecule has 1 aliphatic rings. The standard InChI is InChI=1S/C38H38N4O4/c1-3-45-35-22-27-18-20-42(25-30(27)23-36(35)46-4-2)19-17-26-13-15-31(16-14-26)40-38(44)32-10-6-8-12-34(32)41-37(43)29-21-28-9-5-7-11-33(28)39-24-29/h5-16,21-24H,3-4,17-20,25H2,1-2H3,(H,40,44)(H,41,43). The van der Waals surface area contributed by atoms with Gasteiger partial charge >= 0.3 is 0 Å². The number of para-hydroxylation sites is 2. The number of carbonyl (C=O) groups is 2. The van der Waals surface area contributed by atoms with Gasteiger partial charge in [0.25, 0.3) is 11.8 Å². The van der Waals surface area contributed by atoms with Crippen LogP contribution in [0.4, 0.5) is 11.4 Å². The van der Waals surface area contributed by atoms with Crippen molar-refractivity contribution in [3.8, 4) is 11.5 Å². The molecule has 46 heavy (non-hydrogen) atoms. The van der Waals surface area contributed by atoms with Crippen LogP contribution >= 0.6 is 0 Å². The van der Waals surface area contributed by atoms with E-state index >= 15 is 0 Å². The summed E-state index contributed by atoms with van der Waals surface area (Å²) < 4.78 is 11.7. The number of anilines is 2. The average molecular weight is 615 g/mol. The molecule has 8 heteroatoms. The van der Waals surface area contributed by atoms with Gasteiger partial charge in [-0.15, -0.1) is 0 Å². The summed E-state index contributed by atoms with van der Waals surface area (Å²) in [5.74, 6) is 1.02. The number of hydrogen-bond acceptors (Lipinski definition) is 6. The lowest BCUT2D eigenvalue weighted by molar-refractivity contribution is 0.102. The molecule has 2 amide bonds. The van der Waals surface area contributed by atoms with Crippen LogP contribution in [0.5, 0.6) is 11.5 Å². The van der Waals surface area contributed by atoms with Gasteiger partial charge in [0.1, 0.15) is 0 Å². The van der Waals surface area contributed by atoms with Gasteiger partial charge in [-0.3, -0.25) is 19.5 Å². The Balaban J connectivity index is 1.05. The topological polar surface area (TPSA) is 92.8 Å². The highest BCUT2D eigenvalue weighted by Crippen LogP contribution is 2.34. The van der Waals surface area contributed by atoms with E-state index in [-0.39, 0.29) is 11.8 Å². The van der Waals surface area contributed by atoms with Gasteiger partial charge < -0.3 is 20.1 Å². The van der Waals surface area contributed by atoms with Gasteiger partial charge in [-0.2, -0.15) is 0 Å². The maximum atomic E-state index is 13.3. The molecule has 0 saturated heterocycles. The molecular weight excluding hydrogens is 576 g/mol. The fourth-order valence-electron chi connectivity index (χ4n) is 5.77. The molecule has 234 valence electrons. The lowest BCUT2D eigenvalue weighted by Crippen LogP contribution is -2.32. The van der Waals surface area contributed by atoms with Crippen LogP contribution in [-0.2, 0) is 19.4 Å². The second-order valence-corrected chi connectivity index (χ2v) is 11.3. The van der Waals surface area contributed by atoms with Crippen molar-refractivity contribution in [1.82, 2.24) is 9.88 Å². The molecule has 5 aromatic rings. The fraction of sp³-hybridized carbons (Fsp3) is 0.237. The summed E-state index contributed by atoms with van der Waals surface area (Å²) in [6.07, 6.45) is 3.42. The van der Waals surface area contributed by atoms with Crippen LogP contribution in [0.1, 0.15) is 51.3 Å². The van der Waals surface area contributed by atoms with Gasteiger partial charge in [-0.05, 0) is 91.9 Å². The van der Waals surface area contributed by atoms with Crippen molar-refractivity contribution in [2.45, 2.75) is 33.2 Å². The zero-order valence-electron chi connectivity index (χ0n) is 26.2. The minimum Gasteiger partial charge on any atom is -0.490 e. The summed E-state index contributed by atoms with van der Waals surface area (Å²) >= 11 is 0. The minimum atomic E-state index is -0.329. The summed E-state index contributed by atoms with van der Waals surface area (Å²) in [5.41, 5.74) is 6.55. The second kappa shape index (κ2) is 14.3. The van der Waals surface area contributed by atoms with Crippen molar-refractivity contribution in [1.29, 1.82) is 0 Å². The van der Waals surface area contributed by atoms with Gasteiger partial charge in [0.15, 0.2) is 11.5 Å². The third kappa shape index (κ3) is 7.19. The Kier molecular flexibility index (Phi) is 9.55. The van der Waals surface area contributed by atoms with E-state index in [4.69, 9.17) is 9.47 Å². The summed E-state index contributed by atoms with van der Waals surface area (Å²) in [5, 5.41) is 6.73. The lowest BCUT2D eigenvalue weighted by Gasteiger charge is -2.29. The Labute approximate surface area is 269 Å². The Morgan fingerprint density at radius 3 is 2.30 bits per heavy atom. The van der Waals surface area contributed by atoms with Crippen LogP contribution in [0, 0.1) is 0 Å². The molecule has 0 bridgehead atoms. The van der Waals surface area contributed by atoms with E-state index in [1.54, 1.807) is 36.5 Å². The Bertz CT molecular complexity index is 1850. The van der Waals surface area contributed by atoms with E-state index in [1.807, 2.05) is 50.2 Å². The highest BCUT2D eigenvalue weighted by molar-refractivity contribution is 6.13. The quantitative estimate of drug-likeness (QED) is 0.164. The highest BCUT2D eigenvalue weighted by Gasteiger charge is 2.20. The molecule has 1 aromatic heterocycles. The van der Waals surface area contributed by atoms with E-state index in [2.05, 4.69) is 44.8 Å². The maximum absolute atomic E-state index is 13.3. The van der Waals surface area contributed by atoms with Gasteiger partial charge in [0, 0.05) is 36.9 Å². The van der Waals surface area contributed by atoms with Crippen molar-refractivity contribution in [2.24, 2.45) is 0 Å². The number of nitrogens with zero attached hydrogens (tertiary/aromatic N) is 2. The number of pyridine rings is 1. The van der Waals surface area contributed by atoms with Crippen molar-refractivity contribution < 1.29 is 19.1 Å². The Hall–Kier alpha value is -5.21. The molecule has 0 radical (unpaired) electrons.